The molecule has 0 aliphatic heterocycles. The van der Waals surface area contributed by atoms with Gasteiger partial charge in [0.05, 0.1) is 0 Å². The van der Waals surface area contributed by atoms with E-state index in [-0.39, 0.29) is 0 Å². The number of benzene rings is 2. The molecule has 0 N–H and O–H groups in total. The zero-order valence-electron chi connectivity index (χ0n) is 14.5. The van der Waals surface area contributed by atoms with Gasteiger partial charge < -0.3 is 8.85 Å². The fourth-order valence-electron chi connectivity index (χ4n) is 2.62. The second-order valence-electron chi connectivity index (χ2n) is 5.71. The first-order valence-electron chi connectivity index (χ1n) is 8.71. The first kappa shape index (κ1) is 17.9. The predicted molar refractivity (Wildman–Crippen MR) is 101 cm³/mol. The van der Waals surface area contributed by atoms with Crippen molar-refractivity contribution in [1.29, 1.82) is 0 Å². The Kier molecular flexibility index (Phi) is 7.53. The lowest BCUT2D eigenvalue weighted by Gasteiger charge is -2.20. The second-order valence-corrected chi connectivity index (χ2v) is 7.66. The summed E-state index contributed by atoms with van der Waals surface area (Å²) in [6.07, 6.45) is 3.07. The molecule has 23 heavy (non-hydrogen) atoms. The highest BCUT2D eigenvalue weighted by Gasteiger charge is 2.20. The van der Waals surface area contributed by atoms with Gasteiger partial charge in [0.1, 0.15) is 0 Å². The SMILES string of the molecule is CCCO[SiH](OCCC)c1cc(-c2ccccc2)ccc1CC. The largest absolute Gasteiger partial charge is 0.393 e. The van der Waals surface area contributed by atoms with E-state index in [4.69, 9.17) is 8.85 Å². The third-order valence-corrected chi connectivity index (χ3v) is 5.96. The van der Waals surface area contributed by atoms with Crippen molar-refractivity contribution in [2.45, 2.75) is 40.0 Å². The zero-order valence-corrected chi connectivity index (χ0v) is 15.7. The van der Waals surface area contributed by atoms with Crippen LogP contribution in [0.25, 0.3) is 11.1 Å². The van der Waals surface area contributed by atoms with Crippen molar-refractivity contribution in [3.05, 3.63) is 54.1 Å². The van der Waals surface area contributed by atoms with Crippen molar-refractivity contribution in [2.24, 2.45) is 0 Å². The van der Waals surface area contributed by atoms with Crippen LogP contribution < -0.4 is 5.19 Å². The normalized spacial score (nSPS) is 11.1. The Morgan fingerprint density at radius 1 is 0.783 bits per heavy atom. The van der Waals surface area contributed by atoms with Crippen LogP contribution in [0.4, 0.5) is 0 Å². The minimum Gasteiger partial charge on any atom is -0.393 e. The fraction of sp³-hybridized carbons (Fsp3) is 0.400. The molecule has 0 atom stereocenters. The van der Waals surface area contributed by atoms with Gasteiger partial charge in [0.2, 0.25) is 0 Å². The van der Waals surface area contributed by atoms with Crippen LogP contribution in [0.5, 0.6) is 0 Å². The van der Waals surface area contributed by atoms with Gasteiger partial charge in [-0.3, -0.25) is 0 Å². The second kappa shape index (κ2) is 9.66. The standard InChI is InChI=1S/C20H28O2Si/c1-4-14-21-23(22-15-5-2)20-16-19(13-12-17(20)6-3)18-10-8-7-9-11-18/h7-13,16,23H,4-6,14-15H2,1-3H3. The summed E-state index contributed by atoms with van der Waals surface area (Å²) in [5.41, 5.74) is 3.85. The Balaban J connectivity index is 2.35. The van der Waals surface area contributed by atoms with E-state index < -0.39 is 9.28 Å². The molecule has 0 unspecified atom stereocenters. The van der Waals surface area contributed by atoms with Crippen LogP contribution in [0.3, 0.4) is 0 Å². The molecule has 0 saturated carbocycles. The van der Waals surface area contributed by atoms with Crippen molar-refractivity contribution in [1.82, 2.24) is 0 Å². The van der Waals surface area contributed by atoms with Crippen molar-refractivity contribution in [3.63, 3.8) is 0 Å². The van der Waals surface area contributed by atoms with Crippen molar-refractivity contribution in [2.75, 3.05) is 13.2 Å². The number of aryl methyl sites for hydroxylation is 1. The third-order valence-electron chi connectivity index (χ3n) is 3.83. The highest BCUT2D eigenvalue weighted by atomic mass is 28.3. The summed E-state index contributed by atoms with van der Waals surface area (Å²) in [5, 5.41) is 1.30. The third kappa shape index (κ3) is 5.03. The molecule has 2 rings (SSSR count). The Bertz CT molecular complexity index is 575. The molecule has 0 heterocycles. The lowest BCUT2D eigenvalue weighted by atomic mass is 10.0. The van der Waals surface area contributed by atoms with Crippen molar-refractivity contribution < 1.29 is 8.85 Å². The topological polar surface area (TPSA) is 18.5 Å². The smallest absolute Gasteiger partial charge is 0.356 e. The monoisotopic (exact) mass is 328 g/mol. The molecule has 0 radical (unpaired) electrons. The Morgan fingerprint density at radius 2 is 1.43 bits per heavy atom. The quantitative estimate of drug-likeness (QED) is 0.642. The molecule has 0 bridgehead atoms. The molecule has 2 aromatic rings. The zero-order chi connectivity index (χ0) is 16.5. The van der Waals surface area contributed by atoms with E-state index in [0.717, 1.165) is 32.5 Å². The minimum atomic E-state index is -1.84. The van der Waals surface area contributed by atoms with Gasteiger partial charge in [-0.25, -0.2) is 0 Å². The van der Waals surface area contributed by atoms with E-state index >= 15 is 0 Å². The van der Waals surface area contributed by atoms with Crippen LogP contribution in [-0.2, 0) is 15.3 Å². The first-order chi connectivity index (χ1) is 11.3. The van der Waals surface area contributed by atoms with Gasteiger partial charge in [-0.1, -0.05) is 69.3 Å². The summed E-state index contributed by atoms with van der Waals surface area (Å²) in [4.78, 5) is 0. The van der Waals surface area contributed by atoms with Gasteiger partial charge in [-0.05, 0) is 41.1 Å². The summed E-state index contributed by atoms with van der Waals surface area (Å²) in [6.45, 7) is 8.05. The summed E-state index contributed by atoms with van der Waals surface area (Å²) in [5.74, 6) is 0. The summed E-state index contributed by atoms with van der Waals surface area (Å²) >= 11 is 0. The number of rotatable bonds is 9. The van der Waals surface area contributed by atoms with Gasteiger partial charge in [0.25, 0.3) is 0 Å². The van der Waals surface area contributed by atoms with Crippen LogP contribution in [-0.4, -0.2) is 22.5 Å². The van der Waals surface area contributed by atoms with Gasteiger partial charge in [-0.2, -0.15) is 0 Å². The molecule has 0 saturated heterocycles. The molecule has 0 aliphatic carbocycles. The van der Waals surface area contributed by atoms with Crippen molar-refractivity contribution in [3.8, 4) is 11.1 Å². The Morgan fingerprint density at radius 3 is 2.00 bits per heavy atom. The maximum absolute atomic E-state index is 6.13. The molecule has 0 spiro atoms. The van der Waals surface area contributed by atoms with E-state index in [1.807, 2.05) is 0 Å². The Hall–Kier alpha value is -1.42. The van der Waals surface area contributed by atoms with Crippen LogP contribution in [0.2, 0.25) is 0 Å². The van der Waals surface area contributed by atoms with Gasteiger partial charge in [0.15, 0.2) is 0 Å². The van der Waals surface area contributed by atoms with E-state index in [1.54, 1.807) is 0 Å². The molecule has 0 fully saturated rings. The lowest BCUT2D eigenvalue weighted by molar-refractivity contribution is 0.207. The van der Waals surface area contributed by atoms with Crippen molar-refractivity contribution >= 4 is 14.5 Å². The molecule has 2 nitrogen and oxygen atoms in total. The van der Waals surface area contributed by atoms with E-state index in [1.165, 1.54) is 21.9 Å². The highest BCUT2D eigenvalue weighted by Crippen LogP contribution is 2.19. The summed E-state index contributed by atoms with van der Waals surface area (Å²) < 4.78 is 12.3. The molecule has 2 aromatic carbocycles. The molecule has 124 valence electrons. The van der Waals surface area contributed by atoms with Gasteiger partial charge in [-0.15, -0.1) is 0 Å². The summed E-state index contributed by atoms with van der Waals surface area (Å²) in [6, 6.07) is 17.3. The molecular formula is C20H28O2Si. The predicted octanol–water partition coefficient (Wildman–Crippen LogP) is 4.20. The van der Waals surface area contributed by atoms with Crippen LogP contribution in [0, 0.1) is 0 Å². The number of hydrogen-bond donors (Lipinski definition) is 0. The Labute approximate surface area is 142 Å². The van der Waals surface area contributed by atoms with E-state index in [0.29, 0.717) is 0 Å². The minimum absolute atomic E-state index is 0.777. The van der Waals surface area contributed by atoms with Gasteiger partial charge in [0, 0.05) is 13.2 Å². The lowest BCUT2D eigenvalue weighted by Crippen LogP contribution is -2.39. The highest BCUT2D eigenvalue weighted by molar-refractivity contribution is 6.62. The van der Waals surface area contributed by atoms with E-state index in [9.17, 15) is 0 Å². The average Bonchev–Trinajstić information content (AvgIpc) is 2.62. The van der Waals surface area contributed by atoms with Crippen LogP contribution in [0.15, 0.2) is 48.5 Å². The molecular weight excluding hydrogens is 300 g/mol. The number of hydrogen-bond acceptors (Lipinski definition) is 2. The molecule has 3 heteroatoms. The van der Waals surface area contributed by atoms with Gasteiger partial charge >= 0.3 is 9.28 Å². The molecule has 0 aromatic heterocycles. The van der Waals surface area contributed by atoms with E-state index in [2.05, 4.69) is 69.3 Å². The average molecular weight is 329 g/mol. The van der Waals surface area contributed by atoms with Crippen LogP contribution >= 0.6 is 0 Å². The fourth-order valence-corrected chi connectivity index (χ4v) is 4.90. The maximum atomic E-state index is 6.13. The summed E-state index contributed by atoms with van der Waals surface area (Å²) in [7, 11) is -1.84. The first-order valence-corrected chi connectivity index (χ1v) is 10.2. The van der Waals surface area contributed by atoms with Crippen LogP contribution in [0.1, 0.15) is 39.2 Å². The molecule has 0 amide bonds. The molecule has 0 aliphatic rings. The maximum Gasteiger partial charge on any atom is 0.356 e.